The smallest absolute Gasteiger partial charge is 0.312 e. The van der Waals surface area contributed by atoms with Gasteiger partial charge in [-0.3, -0.25) is 4.79 Å². The fourth-order valence-electron chi connectivity index (χ4n) is 4.75. The molecular weight excluding hydrogens is 240 g/mol. The average molecular weight is 268 g/mol. The number of carbonyl (C=O) groups excluding carboxylic acids is 1. The van der Waals surface area contributed by atoms with Gasteiger partial charge in [-0.2, -0.15) is 0 Å². The molecule has 0 aromatic heterocycles. The van der Waals surface area contributed by atoms with E-state index in [1.54, 1.807) is 14.2 Å². The van der Waals surface area contributed by atoms with Gasteiger partial charge in [-0.25, -0.2) is 0 Å². The van der Waals surface area contributed by atoms with Crippen molar-refractivity contribution >= 4 is 5.97 Å². The fourth-order valence-corrected chi connectivity index (χ4v) is 4.75. The number of fused-ring (bicyclic) bond motifs is 2. The van der Waals surface area contributed by atoms with E-state index in [1.807, 2.05) is 0 Å². The monoisotopic (exact) mass is 268 g/mol. The molecule has 0 spiro atoms. The molecular formula is C16H28O3. The summed E-state index contributed by atoms with van der Waals surface area (Å²) in [4.78, 5) is 12.6. The lowest BCUT2D eigenvalue weighted by Crippen LogP contribution is -2.52. The minimum absolute atomic E-state index is 0.0155. The highest BCUT2D eigenvalue weighted by atomic mass is 16.5. The van der Waals surface area contributed by atoms with Gasteiger partial charge < -0.3 is 9.47 Å². The van der Waals surface area contributed by atoms with Gasteiger partial charge in [-0.1, -0.05) is 26.2 Å². The summed E-state index contributed by atoms with van der Waals surface area (Å²) < 4.78 is 10.5. The van der Waals surface area contributed by atoms with Crippen LogP contribution >= 0.6 is 0 Å². The summed E-state index contributed by atoms with van der Waals surface area (Å²) in [6.07, 6.45) is 8.14. The van der Waals surface area contributed by atoms with E-state index >= 15 is 0 Å². The van der Waals surface area contributed by atoms with Crippen molar-refractivity contribution in [2.75, 3.05) is 20.8 Å². The zero-order chi connectivity index (χ0) is 13.9. The van der Waals surface area contributed by atoms with Crippen LogP contribution in [0, 0.1) is 23.2 Å². The van der Waals surface area contributed by atoms with Crippen molar-refractivity contribution in [1.82, 2.24) is 0 Å². The molecule has 3 heteroatoms. The first-order valence-corrected chi connectivity index (χ1v) is 7.76. The van der Waals surface area contributed by atoms with Gasteiger partial charge in [0.15, 0.2) is 0 Å². The van der Waals surface area contributed by atoms with Crippen LogP contribution in [0.4, 0.5) is 0 Å². The van der Waals surface area contributed by atoms with Gasteiger partial charge in [0, 0.05) is 13.7 Å². The van der Waals surface area contributed by atoms with Crippen molar-refractivity contribution < 1.29 is 14.3 Å². The number of methoxy groups -OCH3 is 2. The van der Waals surface area contributed by atoms with Crippen molar-refractivity contribution in [1.29, 1.82) is 0 Å². The number of esters is 1. The molecule has 2 saturated carbocycles. The summed E-state index contributed by atoms with van der Waals surface area (Å²) in [5.74, 6) is 1.83. The maximum atomic E-state index is 12.6. The first kappa shape index (κ1) is 14.8. The van der Waals surface area contributed by atoms with Crippen LogP contribution in [-0.2, 0) is 14.3 Å². The third kappa shape index (κ3) is 2.54. The number of hydrogen-bond donors (Lipinski definition) is 0. The zero-order valence-corrected chi connectivity index (χ0v) is 12.6. The summed E-state index contributed by atoms with van der Waals surface area (Å²) in [5.41, 5.74) is -0.281. The fraction of sp³-hybridized carbons (Fsp3) is 0.938. The quantitative estimate of drug-likeness (QED) is 0.717. The number of carbonyl (C=O) groups is 1. The van der Waals surface area contributed by atoms with Gasteiger partial charge in [0.25, 0.3) is 0 Å². The molecule has 19 heavy (non-hydrogen) atoms. The third-order valence-electron chi connectivity index (χ3n) is 5.64. The SMILES string of the molecule is CCC1CC2CCCC(C2)C1(CCOC)C(=O)OC. The molecule has 2 bridgehead atoms. The number of hydrogen-bond acceptors (Lipinski definition) is 3. The van der Waals surface area contributed by atoms with Gasteiger partial charge in [-0.05, 0) is 43.4 Å². The molecule has 0 aromatic carbocycles. The molecule has 0 radical (unpaired) electrons. The molecule has 0 heterocycles. The molecule has 0 amide bonds. The first-order valence-electron chi connectivity index (χ1n) is 7.76. The van der Waals surface area contributed by atoms with Crippen molar-refractivity contribution in [3.8, 4) is 0 Å². The average Bonchev–Trinajstić information content (AvgIpc) is 2.45. The molecule has 0 N–H and O–H groups in total. The van der Waals surface area contributed by atoms with E-state index in [9.17, 15) is 4.79 Å². The highest BCUT2D eigenvalue weighted by molar-refractivity contribution is 5.78. The summed E-state index contributed by atoms with van der Waals surface area (Å²) >= 11 is 0. The van der Waals surface area contributed by atoms with Gasteiger partial charge in [0.2, 0.25) is 0 Å². The van der Waals surface area contributed by atoms with E-state index < -0.39 is 0 Å². The van der Waals surface area contributed by atoms with E-state index in [0.717, 1.165) is 18.8 Å². The lowest BCUT2D eigenvalue weighted by molar-refractivity contribution is -0.171. The van der Waals surface area contributed by atoms with Crippen LogP contribution in [0.15, 0.2) is 0 Å². The Balaban J connectivity index is 2.31. The van der Waals surface area contributed by atoms with Crippen LogP contribution in [-0.4, -0.2) is 26.8 Å². The van der Waals surface area contributed by atoms with Gasteiger partial charge in [0.05, 0.1) is 12.5 Å². The van der Waals surface area contributed by atoms with Crippen molar-refractivity contribution in [3.63, 3.8) is 0 Å². The minimum atomic E-state index is -0.281. The Bertz CT molecular complexity index is 311. The Morgan fingerprint density at radius 2 is 2.05 bits per heavy atom. The molecule has 3 nitrogen and oxygen atoms in total. The lowest BCUT2D eigenvalue weighted by Gasteiger charge is -2.52. The van der Waals surface area contributed by atoms with Crippen LogP contribution in [0.3, 0.4) is 0 Å². The minimum Gasteiger partial charge on any atom is -0.469 e. The number of rotatable bonds is 5. The summed E-state index contributed by atoms with van der Waals surface area (Å²) in [6, 6.07) is 0. The molecule has 0 saturated heterocycles. The topological polar surface area (TPSA) is 35.5 Å². The third-order valence-corrected chi connectivity index (χ3v) is 5.64. The second-order valence-electron chi connectivity index (χ2n) is 6.35. The highest BCUT2D eigenvalue weighted by Crippen LogP contribution is 2.56. The zero-order valence-electron chi connectivity index (χ0n) is 12.6. The normalized spacial score (nSPS) is 37.9. The van der Waals surface area contributed by atoms with Crippen LogP contribution in [0.2, 0.25) is 0 Å². The predicted molar refractivity (Wildman–Crippen MR) is 74.8 cm³/mol. The Kier molecular flexibility index (Phi) is 4.88. The Hall–Kier alpha value is -0.570. The largest absolute Gasteiger partial charge is 0.469 e. The molecule has 2 aliphatic rings. The maximum absolute atomic E-state index is 12.6. The van der Waals surface area contributed by atoms with Crippen molar-refractivity contribution in [2.45, 2.75) is 51.9 Å². The van der Waals surface area contributed by atoms with E-state index in [4.69, 9.17) is 9.47 Å². The maximum Gasteiger partial charge on any atom is 0.312 e. The van der Waals surface area contributed by atoms with Crippen LogP contribution in [0.5, 0.6) is 0 Å². The molecule has 2 fully saturated rings. The number of ether oxygens (including phenoxy) is 2. The van der Waals surface area contributed by atoms with Crippen LogP contribution in [0.1, 0.15) is 51.9 Å². The van der Waals surface area contributed by atoms with Gasteiger partial charge >= 0.3 is 5.97 Å². The molecule has 110 valence electrons. The molecule has 0 aliphatic heterocycles. The molecule has 2 aliphatic carbocycles. The van der Waals surface area contributed by atoms with Gasteiger partial charge in [-0.15, -0.1) is 0 Å². The van der Waals surface area contributed by atoms with Crippen molar-refractivity contribution in [3.05, 3.63) is 0 Å². The predicted octanol–water partition coefficient (Wildman–Crippen LogP) is 3.42. The van der Waals surface area contributed by atoms with Gasteiger partial charge in [0.1, 0.15) is 0 Å². The second kappa shape index (κ2) is 6.25. The molecule has 0 aromatic rings. The first-order chi connectivity index (χ1) is 9.18. The van der Waals surface area contributed by atoms with Crippen LogP contribution < -0.4 is 0 Å². The molecule has 4 unspecified atom stereocenters. The molecule has 2 rings (SSSR count). The van der Waals surface area contributed by atoms with E-state index in [1.165, 1.54) is 32.1 Å². The summed E-state index contributed by atoms with van der Waals surface area (Å²) in [7, 11) is 3.26. The Labute approximate surface area is 117 Å². The van der Waals surface area contributed by atoms with Crippen molar-refractivity contribution in [2.24, 2.45) is 23.2 Å². The molecule has 4 atom stereocenters. The van der Waals surface area contributed by atoms with E-state index in [0.29, 0.717) is 18.4 Å². The Morgan fingerprint density at radius 3 is 2.68 bits per heavy atom. The standard InChI is InChI=1S/C16H28O3/c1-4-13-10-12-6-5-7-14(11-12)16(13,8-9-18-2)15(17)19-3/h12-14H,4-11H2,1-3H3. The lowest BCUT2D eigenvalue weighted by atomic mass is 9.52. The van der Waals surface area contributed by atoms with Crippen LogP contribution in [0.25, 0.3) is 0 Å². The highest BCUT2D eigenvalue weighted by Gasteiger charge is 2.55. The summed E-state index contributed by atoms with van der Waals surface area (Å²) in [5, 5.41) is 0. The van der Waals surface area contributed by atoms with E-state index in [-0.39, 0.29) is 11.4 Å². The summed E-state index contributed by atoms with van der Waals surface area (Å²) in [6.45, 7) is 2.88. The second-order valence-corrected chi connectivity index (χ2v) is 6.35. The Morgan fingerprint density at radius 1 is 1.26 bits per heavy atom. The van der Waals surface area contributed by atoms with E-state index in [2.05, 4.69) is 6.92 Å².